The van der Waals surface area contributed by atoms with Crippen molar-refractivity contribution in [3.63, 3.8) is 0 Å². The van der Waals surface area contributed by atoms with Crippen LogP contribution in [0, 0.1) is 5.92 Å². The molecule has 2 aromatic carbocycles. The number of hydrogen-bond acceptors (Lipinski definition) is 1. The maximum atomic E-state index is 12.7. The summed E-state index contributed by atoms with van der Waals surface area (Å²) in [5, 5.41) is 0. The zero-order chi connectivity index (χ0) is 17.9. The van der Waals surface area contributed by atoms with Crippen LogP contribution >= 0.6 is 0 Å². The Morgan fingerprint density at radius 2 is 1.42 bits per heavy atom. The van der Waals surface area contributed by atoms with Crippen LogP contribution in [0.3, 0.4) is 0 Å². The van der Waals surface area contributed by atoms with Crippen LogP contribution in [0.2, 0.25) is 0 Å². The van der Waals surface area contributed by atoms with Crippen LogP contribution in [0.25, 0.3) is 22.5 Å². The Morgan fingerprint density at radius 1 is 0.846 bits per heavy atom. The number of carbonyl (C=O) groups excluding carboxylic acids is 1. The Bertz CT molecular complexity index is 872. The van der Waals surface area contributed by atoms with Gasteiger partial charge in [0.05, 0.1) is 0 Å². The van der Waals surface area contributed by atoms with Crippen LogP contribution in [0.5, 0.6) is 0 Å². The third kappa shape index (κ3) is 3.43. The quantitative estimate of drug-likeness (QED) is 0.695. The molecular weight excluding hydrogens is 320 g/mol. The number of rotatable bonds is 3. The van der Waals surface area contributed by atoms with Crippen LogP contribution in [0.15, 0.2) is 66.7 Å². The molecule has 0 spiro atoms. The van der Waals surface area contributed by atoms with E-state index in [1.807, 2.05) is 47.4 Å². The van der Waals surface area contributed by atoms with Crippen molar-refractivity contribution in [3.8, 4) is 22.5 Å². The van der Waals surface area contributed by atoms with E-state index in [1.54, 1.807) is 0 Å². The Morgan fingerprint density at radius 3 is 2.04 bits per heavy atom. The third-order valence-electron chi connectivity index (χ3n) is 5.28. The summed E-state index contributed by atoms with van der Waals surface area (Å²) in [7, 11) is 0. The predicted molar refractivity (Wildman–Crippen MR) is 106 cm³/mol. The third-order valence-corrected chi connectivity index (χ3v) is 5.28. The molecule has 1 aromatic heterocycles. The monoisotopic (exact) mass is 344 g/mol. The summed E-state index contributed by atoms with van der Waals surface area (Å²) in [4.78, 5) is 18.1. The van der Waals surface area contributed by atoms with E-state index in [0.717, 1.165) is 54.4 Å². The van der Waals surface area contributed by atoms with E-state index in [2.05, 4.69) is 36.2 Å². The molecule has 3 aromatic rings. The molecule has 132 valence electrons. The number of nitrogens with one attached hydrogen (secondary N) is 1. The summed E-state index contributed by atoms with van der Waals surface area (Å²) in [5.74, 6) is 0.882. The lowest BCUT2D eigenvalue weighted by Gasteiger charge is -2.30. The average molecular weight is 344 g/mol. The molecule has 2 heterocycles. The number of H-pyrrole nitrogens is 1. The average Bonchev–Trinajstić information content (AvgIpc) is 3.19. The molecule has 0 atom stereocenters. The number of hydrogen-bond donors (Lipinski definition) is 1. The predicted octanol–water partition coefficient (Wildman–Crippen LogP) is 5.22. The largest absolute Gasteiger partial charge is 0.355 e. The Labute approximate surface area is 154 Å². The van der Waals surface area contributed by atoms with E-state index in [9.17, 15) is 4.79 Å². The molecular formula is C23H24N2O. The van der Waals surface area contributed by atoms with Gasteiger partial charge in [0, 0.05) is 30.0 Å². The first kappa shape index (κ1) is 16.6. The molecule has 1 aliphatic heterocycles. The molecule has 1 saturated heterocycles. The fourth-order valence-electron chi connectivity index (χ4n) is 3.54. The highest BCUT2D eigenvalue weighted by molar-refractivity contribution is 5.94. The summed E-state index contributed by atoms with van der Waals surface area (Å²) in [6.45, 7) is 4.01. The van der Waals surface area contributed by atoms with E-state index in [4.69, 9.17) is 0 Å². The maximum Gasteiger partial charge on any atom is 0.253 e. The van der Waals surface area contributed by atoms with Crippen LogP contribution in [-0.4, -0.2) is 28.9 Å². The molecule has 1 fully saturated rings. The van der Waals surface area contributed by atoms with Crippen molar-refractivity contribution in [2.45, 2.75) is 19.8 Å². The second-order valence-electron chi connectivity index (χ2n) is 7.20. The van der Waals surface area contributed by atoms with Crippen molar-refractivity contribution >= 4 is 5.91 Å². The van der Waals surface area contributed by atoms with E-state index in [0.29, 0.717) is 0 Å². The van der Waals surface area contributed by atoms with Crippen molar-refractivity contribution in [2.75, 3.05) is 13.1 Å². The number of nitrogens with zero attached hydrogens (tertiary/aromatic N) is 1. The zero-order valence-corrected chi connectivity index (χ0v) is 15.1. The highest BCUT2D eigenvalue weighted by Gasteiger charge is 2.21. The summed E-state index contributed by atoms with van der Waals surface area (Å²) in [6, 6.07) is 22.4. The maximum absolute atomic E-state index is 12.7. The van der Waals surface area contributed by atoms with E-state index < -0.39 is 0 Å². The number of likely N-dealkylation sites (tertiary alicyclic amines) is 1. The van der Waals surface area contributed by atoms with Gasteiger partial charge >= 0.3 is 0 Å². The Kier molecular flexibility index (Phi) is 4.61. The minimum Gasteiger partial charge on any atom is -0.355 e. The lowest BCUT2D eigenvalue weighted by atomic mass is 9.98. The van der Waals surface area contributed by atoms with Gasteiger partial charge in [0.1, 0.15) is 0 Å². The number of amides is 1. The molecule has 0 unspecified atom stereocenters. The molecule has 3 nitrogen and oxygen atoms in total. The topological polar surface area (TPSA) is 36.1 Å². The number of aromatic amines is 1. The normalized spacial score (nSPS) is 15.2. The number of carbonyl (C=O) groups is 1. The first-order valence-electron chi connectivity index (χ1n) is 9.35. The van der Waals surface area contributed by atoms with Gasteiger partial charge in [-0.25, -0.2) is 0 Å². The van der Waals surface area contributed by atoms with Gasteiger partial charge in [-0.3, -0.25) is 4.79 Å². The second-order valence-corrected chi connectivity index (χ2v) is 7.20. The van der Waals surface area contributed by atoms with Gasteiger partial charge in [0.2, 0.25) is 0 Å². The fraction of sp³-hybridized carbons (Fsp3) is 0.261. The summed E-state index contributed by atoms with van der Waals surface area (Å²) >= 11 is 0. The molecule has 26 heavy (non-hydrogen) atoms. The molecule has 4 rings (SSSR count). The Hall–Kier alpha value is -2.81. The first-order valence-corrected chi connectivity index (χ1v) is 9.35. The van der Waals surface area contributed by atoms with Crippen molar-refractivity contribution < 1.29 is 4.79 Å². The minimum atomic E-state index is 0.153. The molecule has 3 heteroatoms. The summed E-state index contributed by atoms with van der Waals surface area (Å²) in [6.07, 6.45) is 2.21. The number of piperidine rings is 1. The molecule has 0 saturated carbocycles. The number of benzene rings is 2. The van der Waals surface area contributed by atoms with Crippen LogP contribution < -0.4 is 0 Å². The van der Waals surface area contributed by atoms with E-state index >= 15 is 0 Å². The van der Waals surface area contributed by atoms with Gasteiger partial charge in [-0.05, 0) is 54.2 Å². The second kappa shape index (κ2) is 7.20. The van der Waals surface area contributed by atoms with Gasteiger partial charge < -0.3 is 9.88 Å². The van der Waals surface area contributed by atoms with Gasteiger partial charge in [0.25, 0.3) is 5.91 Å². The lowest BCUT2D eigenvalue weighted by molar-refractivity contribution is 0.0697. The van der Waals surface area contributed by atoms with Crippen LogP contribution in [0.1, 0.15) is 30.1 Å². The van der Waals surface area contributed by atoms with Crippen molar-refractivity contribution in [1.82, 2.24) is 9.88 Å². The van der Waals surface area contributed by atoms with Gasteiger partial charge in [-0.2, -0.15) is 0 Å². The molecule has 1 aliphatic rings. The SMILES string of the molecule is CC1CCN(C(=O)c2ccc(-c3ccc(-c4ccccc4)[nH]3)cc2)CC1. The van der Waals surface area contributed by atoms with Gasteiger partial charge in [-0.15, -0.1) is 0 Å². The first-order chi connectivity index (χ1) is 12.7. The number of aromatic nitrogens is 1. The highest BCUT2D eigenvalue weighted by atomic mass is 16.2. The van der Waals surface area contributed by atoms with Crippen molar-refractivity contribution in [2.24, 2.45) is 5.92 Å². The van der Waals surface area contributed by atoms with E-state index in [1.165, 1.54) is 5.56 Å². The molecule has 0 radical (unpaired) electrons. The molecule has 1 amide bonds. The molecule has 0 bridgehead atoms. The molecule has 1 N–H and O–H groups in total. The highest BCUT2D eigenvalue weighted by Crippen LogP contribution is 2.25. The lowest BCUT2D eigenvalue weighted by Crippen LogP contribution is -2.37. The van der Waals surface area contributed by atoms with E-state index in [-0.39, 0.29) is 5.91 Å². The zero-order valence-electron chi connectivity index (χ0n) is 15.1. The Balaban J connectivity index is 1.50. The van der Waals surface area contributed by atoms with Crippen LogP contribution in [0.4, 0.5) is 0 Å². The van der Waals surface area contributed by atoms with Gasteiger partial charge in [-0.1, -0.05) is 49.4 Å². The van der Waals surface area contributed by atoms with Crippen LogP contribution in [-0.2, 0) is 0 Å². The summed E-state index contributed by atoms with van der Waals surface area (Å²) < 4.78 is 0. The summed E-state index contributed by atoms with van der Waals surface area (Å²) in [5.41, 5.74) is 5.21. The van der Waals surface area contributed by atoms with Crippen molar-refractivity contribution in [3.05, 3.63) is 72.3 Å². The molecule has 0 aliphatic carbocycles. The van der Waals surface area contributed by atoms with Crippen molar-refractivity contribution in [1.29, 1.82) is 0 Å². The minimum absolute atomic E-state index is 0.153. The fourth-order valence-corrected chi connectivity index (χ4v) is 3.54. The smallest absolute Gasteiger partial charge is 0.253 e. The standard InChI is InChI=1S/C23H24N2O/c1-17-13-15-25(16-14-17)23(26)20-9-7-19(8-10-20)22-12-11-21(24-22)18-5-3-2-4-6-18/h2-12,17,24H,13-16H2,1H3. The van der Waals surface area contributed by atoms with Gasteiger partial charge in [0.15, 0.2) is 0 Å².